The number of aryl methyl sites for hydroxylation is 1. The number of rotatable bonds is 8. The largest absolute Gasteiger partial charge is 0.496 e. The molecule has 0 spiro atoms. The summed E-state index contributed by atoms with van der Waals surface area (Å²) in [4.78, 5) is 12.0. The fourth-order valence-electron chi connectivity index (χ4n) is 2.76. The van der Waals surface area contributed by atoms with Gasteiger partial charge in [0.05, 0.1) is 19.3 Å². The third-order valence-corrected chi connectivity index (χ3v) is 4.42. The average molecular weight is 387 g/mol. The predicted octanol–water partition coefficient (Wildman–Crippen LogP) is 4.10. The van der Waals surface area contributed by atoms with Gasteiger partial charge in [0, 0.05) is 12.2 Å². The minimum atomic E-state index is -0.325. The molecule has 0 unspecified atom stereocenters. The first kappa shape index (κ1) is 20.7. The van der Waals surface area contributed by atoms with E-state index in [0.29, 0.717) is 17.3 Å². The Morgan fingerprint density at radius 3 is 2.67 bits per heavy atom. The van der Waals surface area contributed by atoms with E-state index in [1.165, 1.54) is 5.56 Å². The second-order valence-corrected chi connectivity index (χ2v) is 6.40. The van der Waals surface area contributed by atoms with Gasteiger partial charge in [-0.25, -0.2) is 4.79 Å². The molecule has 0 aromatic heterocycles. The zero-order valence-corrected chi connectivity index (χ0v) is 16.8. The standard InChI is InChI=1S/C21H26N2O3S/c1-4-26-20(24)17-11-7-12-18(15(17)2)23-21(27)22-14-8-10-16-9-5-6-13-19(16)25-3/h5-7,9,11-13H,4,8,10,14H2,1-3H3,(H2,22,23,27). The lowest BCUT2D eigenvalue weighted by Gasteiger charge is -2.15. The Labute approximate surface area is 166 Å². The van der Waals surface area contributed by atoms with Crippen LogP contribution < -0.4 is 15.4 Å². The molecule has 0 heterocycles. The maximum atomic E-state index is 12.0. The van der Waals surface area contributed by atoms with E-state index in [1.807, 2.05) is 37.3 Å². The lowest BCUT2D eigenvalue weighted by Crippen LogP contribution is -2.30. The first-order valence-electron chi connectivity index (χ1n) is 9.00. The lowest BCUT2D eigenvalue weighted by molar-refractivity contribution is 0.0525. The van der Waals surface area contributed by atoms with Gasteiger partial charge in [0.15, 0.2) is 5.11 Å². The fraction of sp³-hybridized carbons (Fsp3) is 0.333. The summed E-state index contributed by atoms with van der Waals surface area (Å²) in [6, 6.07) is 13.5. The van der Waals surface area contributed by atoms with Crippen LogP contribution in [-0.2, 0) is 11.2 Å². The van der Waals surface area contributed by atoms with Crippen LogP contribution in [0.3, 0.4) is 0 Å². The molecular weight excluding hydrogens is 360 g/mol. The molecule has 2 aromatic carbocycles. The number of thiocarbonyl (C=S) groups is 1. The Morgan fingerprint density at radius 1 is 1.15 bits per heavy atom. The van der Waals surface area contributed by atoms with Crippen molar-refractivity contribution in [2.75, 3.05) is 25.6 Å². The van der Waals surface area contributed by atoms with Gasteiger partial charge in [-0.05, 0) is 68.2 Å². The Morgan fingerprint density at radius 2 is 1.93 bits per heavy atom. The topological polar surface area (TPSA) is 59.6 Å². The highest BCUT2D eigenvalue weighted by Gasteiger charge is 2.13. The van der Waals surface area contributed by atoms with Crippen molar-refractivity contribution in [1.29, 1.82) is 0 Å². The second kappa shape index (κ2) is 10.5. The minimum absolute atomic E-state index is 0.325. The molecule has 0 fully saturated rings. The number of methoxy groups -OCH3 is 1. The summed E-state index contributed by atoms with van der Waals surface area (Å²) in [6.07, 6.45) is 1.82. The smallest absolute Gasteiger partial charge is 0.338 e. The van der Waals surface area contributed by atoms with E-state index in [1.54, 1.807) is 20.1 Å². The molecular formula is C21H26N2O3S. The second-order valence-electron chi connectivity index (χ2n) is 5.99. The molecule has 0 aliphatic rings. The molecule has 5 nitrogen and oxygen atoms in total. The number of para-hydroxylation sites is 1. The van der Waals surface area contributed by atoms with E-state index in [2.05, 4.69) is 16.7 Å². The van der Waals surface area contributed by atoms with Gasteiger partial charge in [0.2, 0.25) is 0 Å². The molecule has 0 amide bonds. The maximum absolute atomic E-state index is 12.0. The van der Waals surface area contributed by atoms with Crippen molar-refractivity contribution in [2.24, 2.45) is 0 Å². The summed E-state index contributed by atoms with van der Waals surface area (Å²) in [5.41, 5.74) is 3.33. The molecule has 0 saturated carbocycles. The van der Waals surface area contributed by atoms with Crippen LogP contribution >= 0.6 is 12.2 Å². The minimum Gasteiger partial charge on any atom is -0.496 e. The van der Waals surface area contributed by atoms with Crippen molar-refractivity contribution in [3.63, 3.8) is 0 Å². The van der Waals surface area contributed by atoms with Crippen molar-refractivity contribution >= 4 is 29.0 Å². The van der Waals surface area contributed by atoms with Crippen molar-refractivity contribution in [2.45, 2.75) is 26.7 Å². The van der Waals surface area contributed by atoms with Crippen LogP contribution in [0, 0.1) is 6.92 Å². The van der Waals surface area contributed by atoms with Gasteiger partial charge in [-0.2, -0.15) is 0 Å². The molecule has 2 rings (SSSR count). The molecule has 0 saturated heterocycles. The number of carbonyl (C=O) groups excluding carboxylic acids is 1. The van der Waals surface area contributed by atoms with Gasteiger partial charge in [-0.1, -0.05) is 24.3 Å². The number of hydrogen-bond acceptors (Lipinski definition) is 4. The monoisotopic (exact) mass is 386 g/mol. The summed E-state index contributed by atoms with van der Waals surface area (Å²) in [6.45, 7) is 4.75. The maximum Gasteiger partial charge on any atom is 0.338 e. The average Bonchev–Trinajstić information content (AvgIpc) is 2.67. The van der Waals surface area contributed by atoms with Gasteiger partial charge in [-0.15, -0.1) is 0 Å². The highest BCUT2D eigenvalue weighted by Crippen LogP contribution is 2.20. The zero-order valence-electron chi connectivity index (χ0n) is 16.0. The molecule has 0 radical (unpaired) electrons. The molecule has 144 valence electrons. The van der Waals surface area contributed by atoms with Crippen LogP contribution in [0.5, 0.6) is 5.75 Å². The molecule has 2 N–H and O–H groups in total. The third-order valence-electron chi connectivity index (χ3n) is 4.18. The van der Waals surface area contributed by atoms with Crippen LogP contribution in [0.2, 0.25) is 0 Å². The van der Waals surface area contributed by atoms with Crippen molar-refractivity contribution in [3.05, 3.63) is 59.2 Å². The highest BCUT2D eigenvalue weighted by atomic mass is 32.1. The highest BCUT2D eigenvalue weighted by molar-refractivity contribution is 7.80. The summed E-state index contributed by atoms with van der Waals surface area (Å²) >= 11 is 5.37. The van der Waals surface area contributed by atoms with E-state index in [-0.39, 0.29) is 5.97 Å². The van der Waals surface area contributed by atoms with Gasteiger partial charge in [0.25, 0.3) is 0 Å². The van der Waals surface area contributed by atoms with Gasteiger partial charge >= 0.3 is 5.97 Å². The van der Waals surface area contributed by atoms with Crippen LogP contribution in [0.15, 0.2) is 42.5 Å². The first-order valence-corrected chi connectivity index (χ1v) is 9.41. The summed E-state index contributed by atoms with van der Waals surface area (Å²) in [5.74, 6) is 0.582. The number of esters is 1. The zero-order chi connectivity index (χ0) is 19.6. The van der Waals surface area contributed by atoms with Crippen LogP contribution in [0.25, 0.3) is 0 Å². The summed E-state index contributed by atoms with van der Waals surface area (Å²) in [5, 5.41) is 6.89. The summed E-state index contributed by atoms with van der Waals surface area (Å²) in [7, 11) is 1.68. The Kier molecular flexibility index (Phi) is 8.07. The Balaban J connectivity index is 1.85. The van der Waals surface area contributed by atoms with E-state index in [0.717, 1.165) is 36.4 Å². The van der Waals surface area contributed by atoms with Crippen LogP contribution in [0.4, 0.5) is 5.69 Å². The third kappa shape index (κ3) is 5.96. The molecule has 0 aliphatic carbocycles. The number of ether oxygens (including phenoxy) is 2. The van der Waals surface area contributed by atoms with Crippen LogP contribution in [-0.4, -0.2) is 31.3 Å². The van der Waals surface area contributed by atoms with Crippen molar-refractivity contribution < 1.29 is 14.3 Å². The summed E-state index contributed by atoms with van der Waals surface area (Å²) < 4.78 is 10.5. The molecule has 27 heavy (non-hydrogen) atoms. The molecule has 0 aliphatic heterocycles. The predicted molar refractivity (Wildman–Crippen MR) is 113 cm³/mol. The lowest BCUT2D eigenvalue weighted by atomic mass is 10.1. The Hall–Kier alpha value is -2.60. The number of anilines is 1. The number of carbonyl (C=O) groups is 1. The first-order chi connectivity index (χ1) is 13.1. The Bertz CT molecular complexity index is 793. The molecule has 2 aromatic rings. The van der Waals surface area contributed by atoms with Crippen molar-refractivity contribution in [3.8, 4) is 5.75 Å². The van der Waals surface area contributed by atoms with E-state index >= 15 is 0 Å². The normalized spacial score (nSPS) is 10.2. The number of hydrogen-bond donors (Lipinski definition) is 2. The van der Waals surface area contributed by atoms with Gasteiger partial charge < -0.3 is 20.1 Å². The van der Waals surface area contributed by atoms with Crippen LogP contribution in [0.1, 0.15) is 34.8 Å². The number of benzene rings is 2. The molecule has 6 heteroatoms. The SMILES string of the molecule is CCOC(=O)c1cccc(NC(=S)NCCCc2ccccc2OC)c1C. The fourth-order valence-corrected chi connectivity index (χ4v) is 2.97. The van der Waals surface area contributed by atoms with Gasteiger partial charge in [0.1, 0.15) is 5.75 Å². The van der Waals surface area contributed by atoms with Gasteiger partial charge in [-0.3, -0.25) is 0 Å². The quantitative estimate of drug-likeness (QED) is 0.405. The molecule has 0 bridgehead atoms. The van der Waals surface area contributed by atoms with E-state index < -0.39 is 0 Å². The number of nitrogens with one attached hydrogen (secondary N) is 2. The molecule has 0 atom stereocenters. The van der Waals surface area contributed by atoms with E-state index in [9.17, 15) is 4.79 Å². The van der Waals surface area contributed by atoms with E-state index in [4.69, 9.17) is 21.7 Å². The van der Waals surface area contributed by atoms with Crippen molar-refractivity contribution in [1.82, 2.24) is 5.32 Å².